The average molecular weight is 299 g/mol. The lowest BCUT2D eigenvalue weighted by Gasteiger charge is -2.16. The van der Waals surface area contributed by atoms with E-state index in [1.54, 1.807) is 19.2 Å². The van der Waals surface area contributed by atoms with Crippen molar-refractivity contribution in [2.24, 2.45) is 0 Å². The van der Waals surface area contributed by atoms with Gasteiger partial charge >= 0.3 is 0 Å². The molecule has 0 aliphatic rings. The average Bonchev–Trinajstić information content (AvgIpc) is 2.93. The Balaban J connectivity index is 1.94. The third kappa shape index (κ3) is 2.87. The highest BCUT2D eigenvalue weighted by atomic mass is 16.5. The van der Waals surface area contributed by atoms with Gasteiger partial charge in [-0.25, -0.2) is 4.98 Å². The number of H-pyrrole nitrogens is 1. The molecule has 6 nitrogen and oxygen atoms in total. The van der Waals surface area contributed by atoms with Gasteiger partial charge in [0, 0.05) is 7.11 Å². The Morgan fingerprint density at radius 3 is 2.86 bits per heavy atom. The van der Waals surface area contributed by atoms with Gasteiger partial charge in [-0.05, 0) is 31.2 Å². The van der Waals surface area contributed by atoms with E-state index in [0.717, 1.165) is 11.5 Å². The third-order valence-electron chi connectivity index (χ3n) is 3.36. The number of hydrogen-bond acceptors (Lipinski definition) is 5. The van der Waals surface area contributed by atoms with Crippen molar-refractivity contribution in [3.8, 4) is 0 Å². The van der Waals surface area contributed by atoms with Crippen molar-refractivity contribution in [3.63, 3.8) is 0 Å². The Hall–Kier alpha value is -2.60. The predicted octanol–water partition coefficient (Wildman–Crippen LogP) is 2.62. The maximum absolute atomic E-state index is 12.1. The quantitative estimate of drug-likeness (QED) is 0.757. The first-order valence-corrected chi connectivity index (χ1v) is 6.98. The van der Waals surface area contributed by atoms with Crippen LogP contribution in [0.25, 0.3) is 10.9 Å². The minimum Gasteiger partial charge on any atom is -0.464 e. The molecule has 2 N–H and O–H groups in total. The largest absolute Gasteiger partial charge is 0.464 e. The molecule has 1 aromatic carbocycles. The van der Waals surface area contributed by atoms with Crippen LogP contribution in [0.3, 0.4) is 0 Å². The van der Waals surface area contributed by atoms with Crippen LogP contribution in [0.2, 0.25) is 0 Å². The number of benzene rings is 1. The summed E-state index contributed by atoms with van der Waals surface area (Å²) in [6.45, 7) is 2.27. The van der Waals surface area contributed by atoms with Crippen molar-refractivity contribution in [1.82, 2.24) is 9.97 Å². The molecule has 0 aliphatic heterocycles. The van der Waals surface area contributed by atoms with Crippen LogP contribution >= 0.6 is 0 Å². The Morgan fingerprint density at radius 1 is 1.32 bits per heavy atom. The highest BCUT2D eigenvalue weighted by Gasteiger charge is 2.16. The molecule has 2 heterocycles. The van der Waals surface area contributed by atoms with E-state index in [-0.39, 0.29) is 11.6 Å². The standard InChI is InChI=1S/C16H17N3O3/c1-10-7-8-14(22-10)13(9-21-2)18-16-17-12-6-4-3-5-11(12)15(20)19-16/h3-8,13H,9H2,1-2H3,(H2,17,18,19,20)/t13-/m1/s1. The number of aromatic nitrogens is 2. The lowest BCUT2D eigenvalue weighted by atomic mass is 10.2. The summed E-state index contributed by atoms with van der Waals surface area (Å²) in [5.74, 6) is 1.94. The molecular formula is C16H17N3O3. The van der Waals surface area contributed by atoms with Gasteiger partial charge < -0.3 is 14.5 Å². The zero-order valence-corrected chi connectivity index (χ0v) is 12.4. The summed E-state index contributed by atoms with van der Waals surface area (Å²) in [6, 6.07) is 10.7. The molecule has 114 valence electrons. The molecule has 3 aromatic rings. The van der Waals surface area contributed by atoms with Crippen LogP contribution in [0.15, 0.2) is 45.6 Å². The number of aromatic amines is 1. The van der Waals surface area contributed by atoms with Gasteiger partial charge in [-0.1, -0.05) is 12.1 Å². The summed E-state index contributed by atoms with van der Waals surface area (Å²) < 4.78 is 10.8. The van der Waals surface area contributed by atoms with E-state index in [4.69, 9.17) is 9.15 Å². The monoisotopic (exact) mass is 299 g/mol. The summed E-state index contributed by atoms with van der Waals surface area (Å²) in [7, 11) is 1.61. The number of hydrogen-bond donors (Lipinski definition) is 2. The molecule has 0 radical (unpaired) electrons. The number of nitrogens with zero attached hydrogens (tertiary/aromatic N) is 1. The minimum atomic E-state index is -0.233. The number of nitrogens with one attached hydrogen (secondary N) is 2. The van der Waals surface area contributed by atoms with E-state index in [2.05, 4.69) is 15.3 Å². The number of methoxy groups -OCH3 is 1. The summed E-state index contributed by atoms with van der Waals surface area (Å²) >= 11 is 0. The van der Waals surface area contributed by atoms with Gasteiger partial charge in [-0.2, -0.15) is 0 Å². The van der Waals surface area contributed by atoms with Gasteiger partial charge in [0.25, 0.3) is 5.56 Å². The molecule has 22 heavy (non-hydrogen) atoms. The van der Waals surface area contributed by atoms with Gasteiger partial charge in [0.2, 0.25) is 5.95 Å². The number of para-hydroxylation sites is 1. The van der Waals surface area contributed by atoms with Gasteiger partial charge in [0.15, 0.2) is 0 Å². The van der Waals surface area contributed by atoms with Crippen LogP contribution < -0.4 is 10.9 Å². The number of fused-ring (bicyclic) bond motifs is 1. The summed E-state index contributed by atoms with van der Waals surface area (Å²) in [5, 5.41) is 3.72. The van der Waals surface area contributed by atoms with E-state index in [1.165, 1.54) is 0 Å². The van der Waals surface area contributed by atoms with Crippen LogP contribution in [0.1, 0.15) is 17.6 Å². The molecule has 0 bridgehead atoms. The number of rotatable bonds is 5. The zero-order valence-electron chi connectivity index (χ0n) is 12.4. The van der Waals surface area contributed by atoms with Crippen molar-refractivity contribution < 1.29 is 9.15 Å². The number of ether oxygens (including phenoxy) is 1. The molecule has 3 rings (SSSR count). The first kappa shape index (κ1) is 14.3. The number of furan rings is 1. The molecule has 6 heteroatoms. The lowest BCUT2D eigenvalue weighted by molar-refractivity contribution is 0.178. The van der Waals surface area contributed by atoms with Crippen molar-refractivity contribution in [1.29, 1.82) is 0 Å². The second-order valence-electron chi connectivity index (χ2n) is 5.03. The maximum atomic E-state index is 12.1. The molecule has 0 unspecified atom stereocenters. The van der Waals surface area contributed by atoms with E-state index >= 15 is 0 Å². The molecule has 0 spiro atoms. The highest BCUT2D eigenvalue weighted by Crippen LogP contribution is 2.20. The summed E-state index contributed by atoms with van der Waals surface area (Å²) in [4.78, 5) is 19.3. The molecule has 1 atom stereocenters. The van der Waals surface area contributed by atoms with Crippen LogP contribution in [-0.2, 0) is 4.74 Å². The number of aryl methyl sites for hydroxylation is 1. The van der Waals surface area contributed by atoms with Crippen molar-refractivity contribution in [2.75, 3.05) is 19.0 Å². The SMILES string of the molecule is COC[C@@H](Nc1nc2ccccc2c(=O)[nH]1)c1ccc(C)o1. The van der Waals surface area contributed by atoms with Gasteiger partial charge in [-0.3, -0.25) is 9.78 Å². The molecule has 0 saturated heterocycles. The van der Waals surface area contributed by atoms with Crippen LogP contribution in [-0.4, -0.2) is 23.7 Å². The Morgan fingerprint density at radius 2 is 2.14 bits per heavy atom. The van der Waals surface area contributed by atoms with Crippen molar-refractivity contribution in [2.45, 2.75) is 13.0 Å². The van der Waals surface area contributed by atoms with Gasteiger partial charge in [0.05, 0.1) is 17.5 Å². The fourth-order valence-corrected chi connectivity index (χ4v) is 2.32. The van der Waals surface area contributed by atoms with Gasteiger partial charge in [-0.15, -0.1) is 0 Å². The fourth-order valence-electron chi connectivity index (χ4n) is 2.32. The van der Waals surface area contributed by atoms with E-state index in [9.17, 15) is 4.79 Å². The molecular weight excluding hydrogens is 282 g/mol. The zero-order chi connectivity index (χ0) is 15.5. The van der Waals surface area contributed by atoms with E-state index in [1.807, 2.05) is 31.2 Å². The van der Waals surface area contributed by atoms with Crippen molar-refractivity contribution in [3.05, 3.63) is 58.3 Å². The highest BCUT2D eigenvalue weighted by molar-refractivity contribution is 5.78. The number of anilines is 1. The fraction of sp³-hybridized carbons (Fsp3) is 0.250. The first-order valence-electron chi connectivity index (χ1n) is 6.98. The van der Waals surface area contributed by atoms with Crippen molar-refractivity contribution >= 4 is 16.9 Å². The molecule has 0 amide bonds. The van der Waals surface area contributed by atoms with Crippen LogP contribution in [0.4, 0.5) is 5.95 Å². The Labute approximate surface area is 127 Å². The molecule has 0 aliphatic carbocycles. The second-order valence-corrected chi connectivity index (χ2v) is 5.03. The maximum Gasteiger partial charge on any atom is 0.260 e. The minimum absolute atomic E-state index is 0.181. The lowest BCUT2D eigenvalue weighted by Crippen LogP contribution is -2.20. The van der Waals surface area contributed by atoms with Crippen LogP contribution in [0.5, 0.6) is 0 Å². The van der Waals surface area contributed by atoms with Gasteiger partial charge in [0.1, 0.15) is 17.6 Å². The normalized spacial score (nSPS) is 12.5. The van der Waals surface area contributed by atoms with E-state index in [0.29, 0.717) is 23.5 Å². The van der Waals surface area contributed by atoms with Crippen LogP contribution in [0, 0.1) is 6.92 Å². The third-order valence-corrected chi connectivity index (χ3v) is 3.36. The first-order chi connectivity index (χ1) is 10.7. The molecule has 2 aromatic heterocycles. The smallest absolute Gasteiger partial charge is 0.260 e. The molecule has 0 saturated carbocycles. The second kappa shape index (κ2) is 6.03. The topological polar surface area (TPSA) is 80.1 Å². The molecule has 0 fully saturated rings. The summed E-state index contributed by atoms with van der Waals surface area (Å²) in [6.07, 6.45) is 0. The van der Waals surface area contributed by atoms with E-state index < -0.39 is 0 Å². The Kier molecular flexibility index (Phi) is 3.93. The predicted molar refractivity (Wildman–Crippen MR) is 84.0 cm³/mol. The summed E-state index contributed by atoms with van der Waals surface area (Å²) in [5.41, 5.74) is 0.459. The Bertz CT molecular complexity index is 838.